The molecule has 0 saturated carbocycles. The van der Waals surface area contributed by atoms with E-state index < -0.39 is 6.04 Å². The number of halogens is 2. The molecule has 7 nitrogen and oxygen atoms in total. The van der Waals surface area contributed by atoms with Crippen molar-refractivity contribution < 1.29 is 23.1 Å². The van der Waals surface area contributed by atoms with Crippen LogP contribution in [0, 0.1) is 24.5 Å². The predicted octanol–water partition coefficient (Wildman–Crippen LogP) is 6.92. The van der Waals surface area contributed by atoms with E-state index in [0.717, 1.165) is 24.0 Å². The Morgan fingerprint density at radius 3 is 2.42 bits per heavy atom. The largest absolute Gasteiger partial charge is 0.457 e. The van der Waals surface area contributed by atoms with Gasteiger partial charge in [-0.3, -0.25) is 14.6 Å². The molecule has 9 heteroatoms. The summed E-state index contributed by atoms with van der Waals surface area (Å²) in [6.07, 6.45) is 9.68. The number of allylic oxidation sites excluding steroid dienone is 1. The summed E-state index contributed by atoms with van der Waals surface area (Å²) in [4.78, 5) is 28.7. The minimum atomic E-state index is -0.685. The lowest BCUT2D eigenvalue weighted by molar-refractivity contribution is -0.137. The Bertz CT molecular complexity index is 1550. The zero-order valence-electron chi connectivity index (χ0n) is 24.2. The normalized spacial score (nSPS) is 18.2. The summed E-state index contributed by atoms with van der Waals surface area (Å²) in [5.41, 5.74) is 3.43. The number of nitrogens with zero attached hydrogens (tertiary/aromatic N) is 3. The third-order valence-corrected chi connectivity index (χ3v) is 7.57. The lowest BCUT2D eigenvalue weighted by Gasteiger charge is -2.27. The van der Waals surface area contributed by atoms with Crippen molar-refractivity contribution in [2.24, 2.45) is 11.0 Å². The fraction of sp³-hybridized carbons (Fsp3) is 0.265. The third-order valence-electron chi connectivity index (χ3n) is 7.57. The molecule has 5 rings (SSSR count). The van der Waals surface area contributed by atoms with Crippen LogP contribution in [-0.4, -0.2) is 47.1 Å². The molecule has 43 heavy (non-hydrogen) atoms. The molecular formula is C34H34F2N4O3. The molecule has 1 N–H and O–H groups in total. The molecular weight excluding hydrogens is 550 g/mol. The summed E-state index contributed by atoms with van der Waals surface area (Å²) >= 11 is 0. The molecule has 3 aromatic carbocycles. The van der Waals surface area contributed by atoms with Crippen LogP contribution in [-0.2, 0) is 9.59 Å². The van der Waals surface area contributed by atoms with Gasteiger partial charge < -0.3 is 15.0 Å². The van der Waals surface area contributed by atoms with Gasteiger partial charge in [0, 0.05) is 31.1 Å². The van der Waals surface area contributed by atoms with Gasteiger partial charge in [-0.2, -0.15) is 5.10 Å². The van der Waals surface area contributed by atoms with Crippen molar-refractivity contribution in [2.45, 2.75) is 39.2 Å². The van der Waals surface area contributed by atoms with Crippen LogP contribution in [0.25, 0.3) is 6.08 Å². The van der Waals surface area contributed by atoms with Crippen molar-refractivity contribution in [2.75, 3.05) is 18.4 Å². The first-order chi connectivity index (χ1) is 20.8. The van der Waals surface area contributed by atoms with Crippen molar-refractivity contribution in [3.8, 4) is 11.5 Å². The highest BCUT2D eigenvalue weighted by molar-refractivity contribution is 5.98. The number of likely N-dealkylation sites (tertiary alicyclic amines) is 1. The van der Waals surface area contributed by atoms with Gasteiger partial charge >= 0.3 is 0 Å². The first-order valence-electron chi connectivity index (χ1n) is 14.3. The molecule has 1 fully saturated rings. The quantitative estimate of drug-likeness (QED) is 0.296. The topological polar surface area (TPSA) is 74.2 Å². The zero-order chi connectivity index (χ0) is 30.3. The van der Waals surface area contributed by atoms with E-state index >= 15 is 0 Å². The number of rotatable bonds is 9. The maximum Gasteiger partial charge on any atom is 0.247 e. The molecule has 3 aromatic rings. The minimum Gasteiger partial charge on any atom is -0.457 e. The molecule has 2 heterocycles. The van der Waals surface area contributed by atoms with Gasteiger partial charge in [0.25, 0.3) is 0 Å². The number of hydrogen-bond acceptors (Lipinski definition) is 5. The van der Waals surface area contributed by atoms with E-state index in [1.54, 1.807) is 46.5 Å². The second-order valence-corrected chi connectivity index (χ2v) is 10.7. The highest BCUT2D eigenvalue weighted by Crippen LogP contribution is 2.29. The molecule has 0 spiro atoms. The number of anilines is 1. The second-order valence-electron chi connectivity index (χ2n) is 10.7. The summed E-state index contributed by atoms with van der Waals surface area (Å²) in [5.74, 6) is -0.164. The molecule has 2 unspecified atom stereocenters. The van der Waals surface area contributed by atoms with Crippen molar-refractivity contribution in [3.05, 3.63) is 107 Å². The summed E-state index contributed by atoms with van der Waals surface area (Å²) in [6.45, 7) is 4.32. The molecule has 0 bridgehead atoms. The minimum absolute atomic E-state index is 0.0344. The molecule has 2 amide bonds. The molecule has 2 aliphatic heterocycles. The van der Waals surface area contributed by atoms with Gasteiger partial charge in [0.15, 0.2) is 0 Å². The predicted molar refractivity (Wildman–Crippen MR) is 164 cm³/mol. The molecule has 0 radical (unpaired) electrons. The Hall–Kier alpha value is -4.79. The van der Waals surface area contributed by atoms with Crippen LogP contribution in [0.4, 0.5) is 14.5 Å². The molecule has 2 atom stereocenters. The van der Waals surface area contributed by atoms with Gasteiger partial charge in [-0.15, -0.1) is 0 Å². The Morgan fingerprint density at radius 1 is 1.02 bits per heavy atom. The molecule has 222 valence electrons. The lowest BCUT2D eigenvalue weighted by Crippen LogP contribution is -2.46. The number of nitrogens with one attached hydrogen (secondary N) is 1. The third kappa shape index (κ3) is 7.74. The first-order valence-corrected chi connectivity index (χ1v) is 14.3. The first kappa shape index (κ1) is 29.7. The number of benzene rings is 3. The van der Waals surface area contributed by atoms with Crippen molar-refractivity contribution >= 4 is 29.8 Å². The van der Waals surface area contributed by atoms with E-state index in [1.165, 1.54) is 42.0 Å². The standard InChI is InChI=1S/C34H34F2N4O3/c1-3-24-16-17-37-39(20-24)22-33(41)40-21-25(4-5-26-6-7-28(36)18-23(26)2)19-32(40)34(42)38-29-10-14-31(15-11-29)43-30-12-8-27(35)9-13-30/h4-15,17-18,20,25,32H,3,16,19,21-22H2,1-2H3,(H,38,42). The second kappa shape index (κ2) is 13.5. The number of hydrogen-bond donors (Lipinski definition) is 1. The van der Waals surface area contributed by atoms with E-state index in [-0.39, 0.29) is 35.9 Å². The number of aryl methyl sites for hydroxylation is 1. The highest BCUT2D eigenvalue weighted by Gasteiger charge is 2.39. The summed E-state index contributed by atoms with van der Waals surface area (Å²) in [7, 11) is 0. The van der Waals surface area contributed by atoms with E-state index in [4.69, 9.17) is 4.74 Å². The van der Waals surface area contributed by atoms with Crippen LogP contribution >= 0.6 is 0 Å². The Labute approximate surface area is 250 Å². The number of hydrazone groups is 1. The molecule has 0 aromatic heterocycles. The Balaban J connectivity index is 1.29. The molecule has 1 saturated heterocycles. The van der Waals surface area contributed by atoms with Gasteiger partial charge in [0.05, 0.1) is 0 Å². The van der Waals surface area contributed by atoms with Crippen LogP contribution in [0.15, 0.2) is 89.7 Å². The number of amides is 2. The summed E-state index contributed by atoms with van der Waals surface area (Å²) in [6, 6.07) is 16.5. The monoisotopic (exact) mass is 584 g/mol. The average Bonchev–Trinajstić information content (AvgIpc) is 3.44. The van der Waals surface area contributed by atoms with Gasteiger partial charge in [-0.1, -0.05) is 25.1 Å². The SMILES string of the molecule is CCC1=CN(CC(=O)N2CC(C=Cc3ccc(F)cc3C)CC2C(=O)Nc2ccc(Oc3ccc(F)cc3)cc2)N=CC1. The van der Waals surface area contributed by atoms with E-state index in [1.807, 2.05) is 25.3 Å². The zero-order valence-corrected chi connectivity index (χ0v) is 24.2. The van der Waals surface area contributed by atoms with Gasteiger partial charge in [0.1, 0.15) is 35.7 Å². The maximum atomic E-state index is 13.6. The fourth-order valence-corrected chi connectivity index (χ4v) is 5.18. The number of ether oxygens (including phenoxy) is 1. The van der Waals surface area contributed by atoms with E-state index in [9.17, 15) is 18.4 Å². The van der Waals surface area contributed by atoms with Crippen LogP contribution < -0.4 is 10.1 Å². The van der Waals surface area contributed by atoms with Crippen molar-refractivity contribution in [1.29, 1.82) is 0 Å². The number of carbonyl (C=O) groups excluding carboxylic acids is 2. The Kier molecular flexibility index (Phi) is 9.29. The summed E-state index contributed by atoms with van der Waals surface area (Å²) < 4.78 is 32.5. The van der Waals surface area contributed by atoms with Gasteiger partial charge in [-0.05, 0) is 103 Å². The average molecular weight is 585 g/mol. The van der Waals surface area contributed by atoms with E-state index in [2.05, 4.69) is 17.3 Å². The summed E-state index contributed by atoms with van der Waals surface area (Å²) in [5, 5.41) is 8.91. The molecule has 0 aliphatic carbocycles. The van der Waals surface area contributed by atoms with Crippen LogP contribution in [0.3, 0.4) is 0 Å². The maximum absolute atomic E-state index is 13.6. The Morgan fingerprint density at radius 2 is 1.72 bits per heavy atom. The van der Waals surface area contributed by atoms with Gasteiger partial charge in [0.2, 0.25) is 11.8 Å². The van der Waals surface area contributed by atoms with Crippen LogP contribution in [0.2, 0.25) is 0 Å². The van der Waals surface area contributed by atoms with Crippen molar-refractivity contribution in [3.63, 3.8) is 0 Å². The number of carbonyl (C=O) groups is 2. The fourth-order valence-electron chi connectivity index (χ4n) is 5.18. The van der Waals surface area contributed by atoms with Gasteiger partial charge in [-0.25, -0.2) is 8.78 Å². The van der Waals surface area contributed by atoms with E-state index in [0.29, 0.717) is 30.2 Å². The smallest absolute Gasteiger partial charge is 0.247 e. The highest BCUT2D eigenvalue weighted by atomic mass is 19.1. The molecule has 2 aliphatic rings. The van der Waals surface area contributed by atoms with Crippen molar-refractivity contribution in [1.82, 2.24) is 9.91 Å². The van der Waals surface area contributed by atoms with Crippen LogP contribution in [0.1, 0.15) is 37.3 Å². The lowest BCUT2D eigenvalue weighted by atomic mass is 10.0. The van der Waals surface area contributed by atoms with Crippen LogP contribution in [0.5, 0.6) is 11.5 Å².